The lowest BCUT2D eigenvalue weighted by Gasteiger charge is -2.18. The maximum atomic E-state index is 4.78. The molecule has 4 nitrogen and oxygen atoms in total. The van der Waals surface area contributed by atoms with Gasteiger partial charge < -0.3 is 4.90 Å². The SMILES string of the molecule is Cc1cc(N(C)C)cc(C2CCN(Cc3ccncc3)C2)n1. The van der Waals surface area contributed by atoms with Gasteiger partial charge >= 0.3 is 0 Å². The summed E-state index contributed by atoms with van der Waals surface area (Å²) in [6.45, 7) is 5.32. The van der Waals surface area contributed by atoms with Crippen LogP contribution in [0.5, 0.6) is 0 Å². The molecule has 22 heavy (non-hydrogen) atoms. The first-order valence-electron chi connectivity index (χ1n) is 7.89. The molecule has 1 aliphatic rings. The lowest BCUT2D eigenvalue weighted by atomic mass is 10.0. The van der Waals surface area contributed by atoms with Gasteiger partial charge in [-0.3, -0.25) is 14.9 Å². The first kappa shape index (κ1) is 15.0. The molecule has 0 aromatic carbocycles. The molecule has 3 heterocycles. The number of nitrogens with zero attached hydrogens (tertiary/aromatic N) is 4. The summed E-state index contributed by atoms with van der Waals surface area (Å²) in [5, 5.41) is 0. The molecule has 116 valence electrons. The predicted octanol–water partition coefficient (Wildman–Crippen LogP) is 2.84. The van der Waals surface area contributed by atoms with Crippen molar-refractivity contribution >= 4 is 5.69 Å². The van der Waals surface area contributed by atoms with Crippen molar-refractivity contribution in [3.8, 4) is 0 Å². The predicted molar refractivity (Wildman–Crippen MR) is 90.2 cm³/mol. The molecule has 0 amide bonds. The lowest BCUT2D eigenvalue weighted by molar-refractivity contribution is 0.326. The zero-order valence-electron chi connectivity index (χ0n) is 13.7. The van der Waals surface area contributed by atoms with E-state index in [0.29, 0.717) is 5.92 Å². The second-order valence-corrected chi connectivity index (χ2v) is 6.36. The molecule has 4 heteroatoms. The van der Waals surface area contributed by atoms with Crippen LogP contribution in [0.2, 0.25) is 0 Å². The Morgan fingerprint density at radius 3 is 2.73 bits per heavy atom. The average molecular weight is 296 g/mol. The van der Waals surface area contributed by atoms with Crippen LogP contribution in [0.25, 0.3) is 0 Å². The van der Waals surface area contributed by atoms with Gasteiger partial charge in [0.1, 0.15) is 0 Å². The van der Waals surface area contributed by atoms with Crippen LogP contribution in [0.1, 0.15) is 29.3 Å². The number of likely N-dealkylation sites (tertiary alicyclic amines) is 1. The van der Waals surface area contributed by atoms with Gasteiger partial charge in [0.2, 0.25) is 0 Å². The number of anilines is 1. The van der Waals surface area contributed by atoms with Crippen LogP contribution in [0, 0.1) is 6.92 Å². The number of hydrogen-bond donors (Lipinski definition) is 0. The van der Waals surface area contributed by atoms with Gasteiger partial charge in [0.15, 0.2) is 0 Å². The quantitative estimate of drug-likeness (QED) is 0.868. The van der Waals surface area contributed by atoms with Crippen molar-refractivity contribution in [1.29, 1.82) is 0 Å². The Morgan fingerprint density at radius 1 is 1.23 bits per heavy atom. The van der Waals surface area contributed by atoms with E-state index in [1.54, 1.807) is 0 Å². The van der Waals surface area contributed by atoms with E-state index in [0.717, 1.165) is 25.3 Å². The molecule has 0 radical (unpaired) electrons. The van der Waals surface area contributed by atoms with Crippen LogP contribution in [-0.4, -0.2) is 42.1 Å². The van der Waals surface area contributed by atoms with E-state index in [1.807, 2.05) is 12.4 Å². The fraction of sp³-hybridized carbons (Fsp3) is 0.444. The Balaban J connectivity index is 1.70. The van der Waals surface area contributed by atoms with Crippen LogP contribution >= 0.6 is 0 Å². The maximum Gasteiger partial charge on any atom is 0.0471 e. The Bertz CT molecular complexity index is 624. The molecule has 1 atom stereocenters. The molecule has 0 saturated carbocycles. The number of hydrogen-bond acceptors (Lipinski definition) is 4. The minimum absolute atomic E-state index is 0.542. The van der Waals surface area contributed by atoms with Crippen molar-refractivity contribution in [3.63, 3.8) is 0 Å². The molecule has 1 unspecified atom stereocenters. The summed E-state index contributed by atoms with van der Waals surface area (Å²) in [6, 6.07) is 8.59. The molecule has 3 rings (SSSR count). The minimum Gasteiger partial charge on any atom is -0.378 e. The monoisotopic (exact) mass is 296 g/mol. The fourth-order valence-corrected chi connectivity index (χ4v) is 3.11. The number of aryl methyl sites for hydroxylation is 1. The van der Waals surface area contributed by atoms with Gasteiger partial charge in [-0.25, -0.2) is 0 Å². The highest BCUT2D eigenvalue weighted by Gasteiger charge is 2.25. The van der Waals surface area contributed by atoms with Gasteiger partial charge in [-0.2, -0.15) is 0 Å². The third kappa shape index (κ3) is 3.45. The first-order chi connectivity index (χ1) is 10.6. The van der Waals surface area contributed by atoms with E-state index in [2.05, 4.69) is 60.1 Å². The summed E-state index contributed by atoms with van der Waals surface area (Å²) < 4.78 is 0. The number of pyridine rings is 2. The molecule has 0 aliphatic carbocycles. The molecular weight excluding hydrogens is 272 g/mol. The molecule has 2 aromatic rings. The van der Waals surface area contributed by atoms with Crippen molar-refractivity contribution in [2.24, 2.45) is 0 Å². The van der Waals surface area contributed by atoms with Crippen LogP contribution in [0.4, 0.5) is 5.69 Å². The molecule has 1 aliphatic heterocycles. The van der Waals surface area contributed by atoms with Gasteiger partial charge in [0.25, 0.3) is 0 Å². The van der Waals surface area contributed by atoms with E-state index in [-0.39, 0.29) is 0 Å². The van der Waals surface area contributed by atoms with E-state index >= 15 is 0 Å². The third-order valence-corrected chi connectivity index (χ3v) is 4.32. The van der Waals surface area contributed by atoms with Crippen molar-refractivity contribution in [2.45, 2.75) is 25.8 Å². The zero-order chi connectivity index (χ0) is 15.5. The smallest absolute Gasteiger partial charge is 0.0471 e. The van der Waals surface area contributed by atoms with Gasteiger partial charge in [0, 0.05) is 62.6 Å². The lowest BCUT2D eigenvalue weighted by Crippen LogP contribution is -2.20. The summed E-state index contributed by atoms with van der Waals surface area (Å²) in [6.07, 6.45) is 4.93. The van der Waals surface area contributed by atoms with Crippen molar-refractivity contribution < 1.29 is 0 Å². The highest BCUT2D eigenvalue weighted by atomic mass is 15.1. The van der Waals surface area contributed by atoms with Gasteiger partial charge in [-0.05, 0) is 49.7 Å². The molecule has 0 bridgehead atoms. The summed E-state index contributed by atoms with van der Waals surface area (Å²) in [5.74, 6) is 0.542. The third-order valence-electron chi connectivity index (χ3n) is 4.32. The van der Waals surface area contributed by atoms with Crippen LogP contribution < -0.4 is 4.90 Å². The Labute approximate surface area is 132 Å². The van der Waals surface area contributed by atoms with Crippen molar-refractivity contribution in [3.05, 3.63) is 53.6 Å². The first-order valence-corrected chi connectivity index (χ1v) is 7.89. The standard InChI is InChI=1S/C18H24N4/c1-14-10-17(21(2)3)11-18(20-14)16-6-9-22(13-16)12-15-4-7-19-8-5-15/h4-5,7-8,10-11,16H,6,9,12-13H2,1-3H3. The summed E-state index contributed by atoms with van der Waals surface area (Å²) in [4.78, 5) is 13.5. The van der Waals surface area contributed by atoms with Crippen LogP contribution in [0.15, 0.2) is 36.7 Å². The topological polar surface area (TPSA) is 32.3 Å². The average Bonchev–Trinajstić information content (AvgIpc) is 2.96. The molecule has 1 fully saturated rings. The van der Waals surface area contributed by atoms with E-state index in [9.17, 15) is 0 Å². The largest absolute Gasteiger partial charge is 0.378 e. The summed E-state index contributed by atoms with van der Waals surface area (Å²) >= 11 is 0. The highest BCUT2D eigenvalue weighted by molar-refractivity contribution is 5.47. The van der Waals surface area contributed by atoms with Crippen LogP contribution in [0.3, 0.4) is 0 Å². The molecular formula is C18H24N4. The van der Waals surface area contributed by atoms with Crippen LogP contribution in [-0.2, 0) is 6.54 Å². The van der Waals surface area contributed by atoms with Gasteiger partial charge in [0.05, 0.1) is 0 Å². The van der Waals surface area contributed by atoms with E-state index < -0.39 is 0 Å². The van der Waals surface area contributed by atoms with Crippen molar-refractivity contribution in [1.82, 2.24) is 14.9 Å². The fourth-order valence-electron chi connectivity index (χ4n) is 3.11. The Kier molecular flexibility index (Phi) is 4.39. The van der Waals surface area contributed by atoms with E-state index in [4.69, 9.17) is 4.98 Å². The maximum absolute atomic E-state index is 4.78. The van der Waals surface area contributed by atoms with Gasteiger partial charge in [-0.15, -0.1) is 0 Å². The number of rotatable bonds is 4. The molecule has 2 aromatic heterocycles. The Hall–Kier alpha value is -1.94. The van der Waals surface area contributed by atoms with Crippen molar-refractivity contribution in [2.75, 3.05) is 32.1 Å². The summed E-state index contributed by atoms with van der Waals surface area (Å²) in [7, 11) is 4.17. The van der Waals surface area contributed by atoms with Gasteiger partial charge in [-0.1, -0.05) is 0 Å². The highest BCUT2D eigenvalue weighted by Crippen LogP contribution is 2.29. The second-order valence-electron chi connectivity index (χ2n) is 6.36. The molecule has 1 saturated heterocycles. The number of aromatic nitrogens is 2. The minimum atomic E-state index is 0.542. The summed E-state index contributed by atoms with van der Waals surface area (Å²) in [5.41, 5.74) is 4.92. The molecule has 0 N–H and O–H groups in total. The second kappa shape index (κ2) is 6.44. The zero-order valence-corrected chi connectivity index (χ0v) is 13.7. The van der Waals surface area contributed by atoms with E-state index in [1.165, 1.54) is 23.4 Å². The normalized spacial score (nSPS) is 18.6. The molecule has 0 spiro atoms. The Morgan fingerprint density at radius 2 is 2.00 bits per heavy atom.